The fraction of sp³-hybridized carbons (Fsp3) is 0.400. The predicted octanol–water partition coefficient (Wildman–Crippen LogP) is 0.849. The van der Waals surface area contributed by atoms with Crippen molar-refractivity contribution in [2.24, 2.45) is 0 Å². The molecule has 1 atom stereocenters. The summed E-state index contributed by atoms with van der Waals surface area (Å²) in [6.07, 6.45) is 1.62. The Morgan fingerprint density at radius 3 is 2.65 bits per heavy atom. The number of hydrogen-bond donors (Lipinski definition) is 2. The summed E-state index contributed by atoms with van der Waals surface area (Å²) in [6, 6.07) is 7.42. The molecule has 0 saturated carbocycles. The molecule has 0 aliphatic carbocycles. The molecule has 1 aromatic rings. The number of imide groups is 1. The molecule has 0 aromatic heterocycles. The van der Waals surface area contributed by atoms with Crippen molar-refractivity contribution in [3.8, 4) is 0 Å². The molecule has 1 aliphatic rings. The van der Waals surface area contributed by atoms with E-state index in [-0.39, 0.29) is 18.2 Å². The lowest BCUT2D eigenvalue weighted by molar-refractivity contribution is -0.137. The lowest BCUT2D eigenvalue weighted by Crippen LogP contribution is -2.52. The van der Waals surface area contributed by atoms with Gasteiger partial charge in [-0.3, -0.25) is 19.7 Å². The van der Waals surface area contributed by atoms with Crippen molar-refractivity contribution in [1.82, 2.24) is 10.6 Å². The van der Waals surface area contributed by atoms with Crippen LogP contribution in [0.5, 0.6) is 0 Å². The van der Waals surface area contributed by atoms with Gasteiger partial charge >= 0.3 is 0 Å². The minimum absolute atomic E-state index is 0.167. The van der Waals surface area contributed by atoms with Crippen LogP contribution in [0.1, 0.15) is 30.4 Å². The van der Waals surface area contributed by atoms with Gasteiger partial charge in [-0.25, -0.2) is 0 Å². The van der Waals surface area contributed by atoms with E-state index in [4.69, 9.17) is 0 Å². The molecule has 2 N–H and O–H groups in total. The Morgan fingerprint density at radius 2 is 2.00 bits per heavy atom. The third-order valence-corrected chi connectivity index (χ3v) is 3.34. The zero-order chi connectivity index (χ0) is 14.5. The molecule has 1 unspecified atom stereocenters. The topological polar surface area (TPSA) is 75.3 Å². The summed E-state index contributed by atoms with van der Waals surface area (Å²) in [6.45, 7) is 2.01. The second-order valence-electron chi connectivity index (χ2n) is 5.06. The largest absolute Gasteiger partial charge is 0.344 e. The number of amides is 3. The van der Waals surface area contributed by atoms with Crippen LogP contribution >= 0.6 is 0 Å². The zero-order valence-electron chi connectivity index (χ0n) is 11.4. The first-order valence-corrected chi connectivity index (χ1v) is 6.73. The maximum absolute atomic E-state index is 11.8. The maximum Gasteiger partial charge on any atom is 0.249 e. The van der Waals surface area contributed by atoms with Gasteiger partial charge in [-0.15, -0.1) is 0 Å². The summed E-state index contributed by atoms with van der Waals surface area (Å²) in [4.78, 5) is 34.3. The number of nitrogens with one attached hydrogen (secondary N) is 2. The lowest BCUT2D eigenvalue weighted by atomic mass is 10.0. The number of piperidine rings is 1. The summed E-state index contributed by atoms with van der Waals surface area (Å²) < 4.78 is 0. The minimum atomic E-state index is -0.585. The molecule has 1 saturated heterocycles. The van der Waals surface area contributed by atoms with Crippen LogP contribution in [-0.2, 0) is 20.8 Å². The number of hydrogen-bond acceptors (Lipinski definition) is 3. The highest BCUT2D eigenvalue weighted by molar-refractivity contribution is 6.01. The van der Waals surface area contributed by atoms with E-state index in [1.54, 1.807) is 0 Å². The monoisotopic (exact) mass is 274 g/mol. The minimum Gasteiger partial charge on any atom is -0.344 e. The third-order valence-electron chi connectivity index (χ3n) is 3.34. The van der Waals surface area contributed by atoms with Gasteiger partial charge < -0.3 is 5.32 Å². The van der Waals surface area contributed by atoms with Crippen LogP contribution in [0.2, 0.25) is 0 Å². The molecular weight excluding hydrogens is 256 g/mol. The zero-order valence-corrected chi connectivity index (χ0v) is 11.4. The van der Waals surface area contributed by atoms with Crippen molar-refractivity contribution < 1.29 is 14.4 Å². The second kappa shape index (κ2) is 6.32. The van der Waals surface area contributed by atoms with Gasteiger partial charge in [-0.2, -0.15) is 0 Å². The van der Waals surface area contributed by atoms with Crippen molar-refractivity contribution >= 4 is 17.7 Å². The number of aryl methyl sites for hydroxylation is 2. The molecule has 1 aromatic carbocycles. The first-order valence-electron chi connectivity index (χ1n) is 6.73. The van der Waals surface area contributed by atoms with Crippen LogP contribution in [0, 0.1) is 6.92 Å². The average Bonchev–Trinajstić information content (AvgIpc) is 2.41. The molecule has 106 valence electrons. The Bertz CT molecular complexity index is 522. The molecule has 0 radical (unpaired) electrons. The number of benzene rings is 1. The lowest BCUT2D eigenvalue weighted by Gasteiger charge is -2.21. The molecule has 5 nitrogen and oxygen atoms in total. The molecule has 1 heterocycles. The molecular formula is C15H18N2O3. The predicted molar refractivity (Wildman–Crippen MR) is 73.8 cm³/mol. The van der Waals surface area contributed by atoms with E-state index in [9.17, 15) is 14.4 Å². The van der Waals surface area contributed by atoms with Gasteiger partial charge in [0, 0.05) is 12.8 Å². The van der Waals surface area contributed by atoms with E-state index < -0.39 is 11.9 Å². The summed E-state index contributed by atoms with van der Waals surface area (Å²) in [7, 11) is 0. The van der Waals surface area contributed by atoms with Gasteiger partial charge in [0.2, 0.25) is 17.7 Å². The number of rotatable bonds is 4. The molecule has 2 rings (SSSR count). The summed E-state index contributed by atoms with van der Waals surface area (Å²) in [5.74, 6) is -0.856. The van der Waals surface area contributed by atoms with Crippen molar-refractivity contribution in [3.05, 3.63) is 35.4 Å². The van der Waals surface area contributed by atoms with Gasteiger partial charge in [0.05, 0.1) is 0 Å². The van der Waals surface area contributed by atoms with Crippen LogP contribution < -0.4 is 10.6 Å². The first-order chi connectivity index (χ1) is 9.54. The Balaban J connectivity index is 1.79. The first kappa shape index (κ1) is 14.2. The molecule has 0 bridgehead atoms. The van der Waals surface area contributed by atoms with E-state index in [0.29, 0.717) is 19.3 Å². The molecule has 1 fully saturated rings. The van der Waals surface area contributed by atoms with Gasteiger partial charge in [0.25, 0.3) is 0 Å². The standard InChI is InChI=1S/C15H18N2O3/c1-10-2-4-11(5-3-10)6-8-13(18)16-12-7-9-14(19)17-15(12)20/h2-5,12H,6-9H2,1H3,(H,16,18)(H,17,19,20). The van der Waals surface area contributed by atoms with Crippen LogP contribution in [0.15, 0.2) is 24.3 Å². The highest BCUT2D eigenvalue weighted by Gasteiger charge is 2.27. The second-order valence-corrected chi connectivity index (χ2v) is 5.06. The highest BCUT2D eigenvalue weighted by Crippen LogP contribution is 2.07. The van der Waals surface area contributed by atoms with Crippen molar-refractivity contribution in [1.29, 1.82) is 0 Å². The summed E-state index contributed by atoms with van der Waals surface area (Å²) in [5.41, 5.74) is 2.27. The van der Waals surface area contributed by atoms with Crippen LogP contribution in [-0.4, -0.2) is 23.8 Å². The molecule has 5 heteroatoms. The van der Waals surface area contributed by atoms with Crippen LogP contribution in [0.3, 0.4) is 0 Å². The normalized spacial score (nSPS) is 18.6. The van der Waals surface area contributed by atoms with E-state index in [2.05, 4.69) is 10.6 Å². The van der Waals surface area contributed by atoms with Crippen molar-refractivity contribution in [2.45, 2.75) is 38.6 Å². The number of carbonyl (C=O) groups excluding carboxylic acids is 3. The molecule has 1 aliphatic heterocycles. The summed E-state index contributed by atoms with van der Waals surface area (Å²) >= 11 is 0. The van der Waals surface area contributed by atoms with Gasteiger partial charge in [-0.1, -0.05) is 29.8 Å². The molecule has 0 spiro atoms. The Morgan fingerprint density at radius 1 is 1.30 bits per heavy atom. The third kappa shape index (κ3) is 3.91. The van der Waals surface area contributed by atoms with Crippen LogP contribution in [0.25, 0.3) is 0 Å². The number of carbonyl (C=O) groups is 3. The Labute approximate surface area is 117 Å². The fourth-order valence-electron chi connectivity index (χ4n) is 2.11. The molecule has 20 heavy (non-hydrogen) atoms. The Kier molecular flexibility index (Phi) is 4.50. The quantitative estimate of drug-likeness (QED) is 0.799. The van der Waals surface area contributed by atoms with E-state index >= 15 is 0 Å². The smallest absolute Gasteiger partial charge is 0.249 e. The van der Waals surface area contributed by atoms with Crippen molar-refractivity contribution in [3.63, 3.8) is 0 Å². The van der Waals surface area contributed by atoms with E-state index in [0.717, 1.165) is 5.56 Å². The SMILES string of the molecule is Cc1ccc(CCC(=O)NC2CCC(=O)NC2=O)cc1. The maximum atomic E-state index is 11.8. The van der Waals surface area contributed by atoms with Gasteiger partial charge in [-0.05, 0) is 25.3 Å². The van der Waals surface area contributed by atoms with Gasteiger partial charge in [0.15, 0.2) is 0 Å². The van der Waals surface area contributed by atoms with E-state index in [1.165, 1.54) is 5.56 Å². The van der Waals surface area contributed by atoms with Crippen molar-refractivity contribution in [2.75, 3.05) is 0 Å². The fourth-order valence-corrected chi connectivity index (χ4v) is 2.11. The van der Waals surface area contributed by atoms with Crippen LogP contribution in [0.4, 0.5) is 0 Å². The Hall–Kier alpha value is -2.17. The van der Waals surface area contributed by atoms with Gasteiger partial charge in [0.1, 0.15) is 6.04 Å². The molecule has 3 amide bonds. The summed E-state index contributed by atoms with van der Waals surface area (Å²) in [5, 5.41) is 4.89. The van der Waals surface area contributed by atoms with E-state index in [1.807, 2.05) is 31.2 Å². The highest BCUT2D eigenvalue weighted by atomic mass is 16.2. The average molecular weight is 274 g/mol.